The molecule has 1 fully saturated rings. The smallest absolute Gasteiger partial charge is 0.0543 e. The molecular weight excluding hydrogens is 212 g/mol. The maximum absolute atomic E-state index is 9.67. The highest BCUT2D eigenvalue weighted by molar-refractivity contribution is 8.22. The lowest BCUT2D eigenvalue weighted by atomic mass is 10.3. The van der Waals surface area contributed by atoms with Crippen molar-refractivity contribution < 1.29 is 9.11 Å². The number of hydrogen-bond acceptors (Lipinski definition) is 4. The summed E-state index contributed by atoms with van der Waals surface area (Å²) in [7, 11) is -0.266. The summed E-state index contributed by atoms with van der Waals surface area (Å²) in [4.78, 5) is 2.29. The molecule has 0 bridgehead atoms. The summed E-state index contributed by atoms with van der Waals surface area (Å²) in [6, 6.07) is 0. The van der Waals surface area contributed by atoms with Crippen LogP contribution in [0.25, 0.3) is 0 Å². The summed E-state index contributed by atoms with van der Waals surface area (Å²) in [5, 5.41) is 0. The molecule has 0 aliphatic carbocycles. The minimum Gasteiger partial charge on any atom is -0.306 e. The fourth-order valence-corrected chi connectivity index (χ4v) is 3.60. The zero-order valence-corrected chi connectivity index (χ0v) is 10.7. The van der Waals surface area contributed by atoms with Crippen LogP contribution in [0.15, 0.2) is 0 Å². The molecule has 0 saturated carbocycles. The van der Waals surface area contributed by atoms with Crippen molar-refractivity contribution in [2.75, 3.05) is 39.0 Å². The molecule has 0 atom stereocenters. The molecule has 2 N–H and O–H groups in total. The Hall–Kier alpha value is 0.190. The van der Waals surface area contributed by atoms with Crippen molar-refractivity contribution in [3.63, 3.8) is 0 Å². The molecule has 0 aromatic rings. The molecular formula is C10H24N2O2S. The molecule has 0 aromatic carbocycles. The van der Waals surface area contributed by atoms with E-state index in [1.807, 2.05) is 4.31 Å². The Bertz CT molecular complexity index is 190. The van der Waals surface area contributed by atoms with E-state index < -0.39 is 10.8 Å². The third-order valence-electron chi connectivity index (χ3n) is 2.79. The monoisotopic (exact) mass is 236 g/mol. The van der Waals surface area contributed by atoms with E-state index in [4.69, 9.17) is 0 Å². The Morgan fingerprint density at radius 3 is 2.60 bits per heavy atom. The lowest BCUT2D eigenvalue weighted by Gasteiger charge is -2.36. The Morgan fingerprint density at radius 2 is 2.07 bits per heavy atom. The van der Waals surface area contributed by atoms with Crippen LogP contribution in [0.2, 0.25) is 0 Å². The standard InChI is InChI=1S/C10H24N2O2S/c1-3-6-11(2)7-4-8-12-9-5-10-15(12,13)14/h13-14H,3-10H2,1-2H3. The predicted molar refractivity (Wildman–Crippen MR) is 66.3 cm³/mol. The predicted octanol–water partition coefficient (Wildman–Crippen LogP) is 2.09. The van der Waals surface area contributed by atoms with Gasteiger partial charge in [-0.15, -0.1) is 10.8 Å². The van der Waals surface area contributed by atoms with E-state index in [0.717, 1.165) is 39.0 Å². The van der Waals surface area contributed by atoms with E-state index >= 15 is 0 Å². The summed E-state index contributed by atoms with van der Waals surface area (Å²) in [6.07, 6.45) is 3.12. The van der Waals surface area contributed by atoms with Gasteiger partial charge in [-0.2, -0.15) is 0 Å². The molecule has 5 heteroatoms. The molecule has 1 aliphatic rings. The highest BCUT2D eigenvalue weighted by Crippen LogP contribution is 2.48. The van der Waals surface area contributed by atoms with Crippen molar-refractivity contribution >= 4 is 10.8 Å². The molecule has 0 radical (unpaired) electrons. The summed E-state index contributed by atoms with van der Waals surface area (Å²) < 4.78 is 21.2. The molecule has 1 heterocycles. The van der Waals surface area contributed by atoms with Gasteiger partial charge in [-0.3, -0.25) is 9.11 Å². The molecule has 1 rings (SSSR count). The summed E-state index contributed by atoms with van der Waals surface area (Å²) in [5.41, 5.74) is 0. The highest BCUT2D eigenvalue weighted by atomic mass is 32.3. The second-order valence-electron chi connectivity index (χ2n) is 4.28. The zero-order chi connectivity index (χ0) is 11.3. The van der Waals surface area contributed by atoms with Crippen molar-refractivity contribution in [3.8, 4) is 0 Å². The first-order valence-corrected chi connectivity index (χ1v) is 7.43. The van der Waals surface area contributed by atoms with Gasteiger partial charge in [-0.25, -0.2) is 4.31 Å². The molecule has 1 aliphatic heterocycles. The van der Waals surface area contributed by atoms with E-state index in [-0.39, 0.29) is 0 Å². The number of nitrogens with zero attached hydrogens (tertiary/aromatic N) is 2. The van der Waals surface area contributed by atoms with Crippen molar-refractivity contribution in [2.24, 2.45) is 0 Å². The van der Waals surface area contributed by atoms with Crippen LogP contribution in [0, 0.1) is 0 Å². The SMILES string of the molecule is CCCN(C)CCCN1CCCS1(O)O. The minimum absolute atomic E-state index is 0.567. The molecule has 15 heavy (non-hydrogen) atoms. The van der Waals surface area contributed by atoms with Crippen LogP contribution in [0.5, 0.6) is 0 Å². The van der Waals surface area contributed by atoms with Crippen LogP contribution in [0.3, 0.4) is 0 Å². The third-order valence-corrected chi connectivity index (χ3v) is 4.82. The van der Waals surface area contributed by atoms with Crippen LogP contribution >= 0.6 is 10.8 Å². The summed E-state index contributed by atoms with van der Waals surface area (Å²) in [6.45, 7) is 6.00. The fraction of sp³-hybridized carbons (Fsp3) is 1.00. The average molecular weight is 236 g/mol. The Morgan fingerprint density at radius 1 is 1.33 bits per heavy atom. The van der Waals surface area contributed by atoms with Gasteiger partial charge in [-0.1, -0.05) is 6.92 Å². The van der Waals surface area contributed by atoms with Gasteiger partial charge in [0.2, 0.25) is 0 Å². The molecule has 1 saturated heterocycles. The largest absolute Gasteiger partial charge is 0.306 e. The maximum atomic E-state index is 9.67. The molecule has 0 unspecified atom stereocenters. The first-order chi connectivity index (χ1) is 7.06. The zero-order valence-electron chi connectivity index (χ0n) is 9.85. The second kappa shape index (κ2) is 6.06. The second-order valence-corrected chi connectivity index (χ2v) is 6.46. The topological polar surface area (TPSA) is 46.9 Å². The van der Waals surface area contributed by atoms with Gasteiger partial charge >= 0.3 is 0 Å². The first kappa shape index (κ1) is 13.3. The number of hydrogen-bond donors (Lipinski definition) is 2. The fourth-order valence-electron chi connectivity index (χ4n) is 1.98. The Kier molecular flexibility index (Phi) is 5.35. The van der Waals surface area contributed by atoms with Gasteiger partial charge in [0.15, 0.2) is 0 Å². The molecule has 92 valence electrons. The van der Waals surface area contributed by atoms with Gasteiger partial charge in [0.1, 0.15) is 0 Å². The van der Waals surface area contributed by atoms with Gasteiger partial charge in [0, 0.05) is 13.1 Å². The quantitative estimate of drug-likeness (QED) is 0.741. The van der Waals surface area contributed by atoms with E-state index in [2.05, 4.69) is 18.9 Å². The van der Waals surface area contributed by atoms with Crippen molar-refractivity contribution in [1.29, 1.82) is 0 Å². The third kappa shape index (κ3) is 4.28. The van der Waals surface area contributed by atoms with E-state index in [0.29, 0.717) is 5.75 Å². The molecule has 0 aromatic heterocycles. The van der Waals surface area contributed by atoms with Crippen LogP contribution in [-0.2, 0) is 0 Å². The van der Waals surface area contributed by atoms with Crippen molar-refractivity contribution in [1.82, 2.24) is 9.21 Å². The van der Waals surface area contributed by atoms with Crippen LogP contribution in [0.4, 0.5) is 0 Å². The van der Waals surface area contributed by atoms with Gasteiger partial charge in [0.05, 0.1) is 5.75 Å². The van der Waals surface area contributed by atoms with Crippen LogP contribution in [-0.4, -0.2) is 57.3 Å². The van der Waals surface area contributed by atoms with E-state index in [1.54, 1.807) is 0 Å². The van der Waals surface area contributed by atoms with Crippen molar-refractivity contribution in [3.05, 3.63) is 0 Å². The maximum Gasteiger partial charge on any atom is 0.0543 e. The van der Waals surface area contributed by atoms with Crippen molar-refractivity contribution in [2.45, 2.75) is 26.2 Å². The first-order valence-electron chi connectivity index (χ1n) is 5.76. The normalized spacial score (nSPS) is 23.5. The number of rotatable bonds is 6. The van der Waals surface area contributed by atoms with Crippen LogP contribution in [0.1, 0.15) is 26.2 Å². The van der Waals surface area contributed by atoms with E-state index in [9.17, 15) is 9.11 Å². The minimum atomic E-state index is -2.38. The summed E-state index contributed by atoms with van der Waals surface area (Å²) >= 11 is 0. The summed E-state index contributed by atoms with van der Waals surface area (Å²) in [5.74, 6) is 0.567. The van der Waals surface area contributed by atoms with Gasteiger partial charge in [-0.05, 0) is 39.4 Å². The average Bonchev–Trinajstić information content (AvgIpc) is 2.46. The van der Waals surface area contributed by atoms with Crippen LogP contribution < -0.4 is 0 Å². The molecule has 0 amide bonds. The molecule has 0 spiro atoms. The lowest BCUT2D eigenvalue weighted by Crippen LogP contribution is -2.28. The van der Waals surface area contributed by atoms with Gasteiger partial charge in [0.25, 0.3) is 0 Å². The lowest BCUT2D eigenvalue weighted by molar-refractivity contribution is 0.304. The highest BCUT2D eigenvalue weighted by Gasteiger charge is 2.27. The van der Waals surface area contributed by atoms with Gasteiger partial charge < -0.3 is 4.90 Å². The Balaban J connectivity index is 2.14. The molecule has 4 nitrogen and oxygen atoms in total. The Labute approximate surface area is 94.7 Å². The van der Waals surface area contributed by atoms with E-state index in [1.165, 1.54) is 6.42 Å².